The Hall–Kier alpha value is -2.89. The van der Waals surface area contributed by atoms with Gasteiger partial charge >= 0.3 is 0 Å². The zero-order valence-electron chi connectivity index (χ0n) is 13.7. The third kappa shape index (κ3) is 4.35. The van der Waals surface area contributed by atoms with Crippen molar-refractivity contribution in [2.24, 2.45) is 0 Å². The molecule has 3 rings (SSSR count). The average Bonchev–Trinajstić information content (AvgIpc) is 2.63. The molecule has 6 heteroatoms. The Balaban J connectivity index is 1.47. The Bertz CT molecular complexity index is 762. The van der Waals surface area contributed by atoms with Crippen molar-refractivity contribution in [2.45, 2.75) is 19.4 Å². The highest BCUT2D eigenvalue weighted by Crippen LogP contribution is 2.31. The minimum absolute atomic E-state index is 0.0216. The number of fused-ring (bicyclic) bond motifs is 1. The number of amides is 2. The molecule has 25 heavy (non-hydrogen) atoms. The molecule has 1 aliphatic heterocycles. The number of anilines is 1. The van der Waals surface area contributed by atoms with Crippen molar-refractivity contribution in [2.75, 3.05) is 18.1 Å². The molecule has 0 unspecified atom stereocenters. The summed E-state index contributed by atoms with van der Waals surface area (Å²) in [6.45, 7) is 0.843. The lowest BCUT2D eigenvalue weighted by Crippen LogP contribution is -2.39. The van der Waals surface area contributed by atoms with Crippen molar-refractivity contribution >= 4 is 17.5 Å². The Kier molecular flexibility index (Phi) is 5.28. The summed E-state index contributed by atoms with van der Waals surface area (Å²) < 4.78 is 18.2. The van der Waals surface area contributed by atoms with Gasteiger partial charge in [-0.1, -0.05) is 24.3 Å². The third-order valence-corrected chi connectivity index (χ3v) is 4.00. The Labute approximate surface area is 145 Å². The number of nitrogens with zero attached hydrogens (tertiary/aromatic N) is 1. The van der Waals surface area contributed by atoms with Crippen LogP contribution in [0.2, 0.25) is 0 Å². The van der Waals surface area contributed by atoms with Crippen molar-refractivity contribution in [3.63, 3.8) is 0 Å². The summed E-state index contributed by atoms with van der Waals surface area (Å²) >= 11 is 0. The van der Waals surface area contributed by atoms with E-state index in [1.165, 1.54) is 12.1 Å². The summed E-state index contributed by atoms with van der Waals surface area (Å²) in [5.74, 6) is 0.178. The number of rotatable bonds is 6. The predicted molar refractivity (Wildman–Crippen MR) is 91.8 cm³/mol. The van der Waals surface area contributed by atoms with Gasteiger partial charge in [0.1, 0.15) is 11.6 Å². The zero-order valence-corrected chi connectivity index (χ0v) is 13.7. The number of carbonyl (C=O) groups is 2. The van der Waals surface area contributed by atoms with Crippen LogP contribution in [0.5, 0.6) is 5.75 Å². The molecular weight excluding hydrogens is 323 g/mol. The summed E-state index contributed by atoms with van der Waals surface area (Å²) in [6, 6.07) is 13.4. The van der Waals surface area contributed by atoms with Gasteiger partial charge in [-0.15, -0.1) is 0 Å². The lowest BCUT2D eigenvalue weighted by Gasteiger charge is -2.29. The molecule has 0 spiro atoms. The molecule has 0 fully saturated rings. The van der Waals surface area contributed by atoms with E-state index in [1.807, 2.05) is 24.3 Å². The number of benzene rings is 2. The fourth-order valence-electron chi connectivity index (χ4n) is 2.69. The maximum atomic E-state index is 12.8. The first-order valence-corrected chi connectivity index (χ1v) is 8.17. The fraction of sp³-hybridized carbons (Fsp3) is 0.263. The van der Waals surface area contributed by atoms with Crippen molar-refractivity contribution in [3.8, 4) is 5.75 Å². The van der Waals surface area contributed by atoms with Crippen LogP contribution in [0.4, 0.5) is 10.1 Å². The molecular formula is C19H19FN2O3. The predicted octanol–water partition coefficient (Wildman–Crippen LogP) is 2.65. The SMILES string of the molecule is O=C(CCCN1C(=O)COc2ccccc21)NCc1ccc(F)cc1. The number of nitrogens with one attached hydrogen (secondary N) is 1. The number of para-hydroxylation sites is 2. The van der Waals surface area contributed by atoms with Gasteiger partial charge in [0.15, 0.2) is 6.61 Å². The number of halogens is 1. The van der Waals surface area contributed by atoms with Crippen LogP contribution in [-0.4, -0.2) is 25.0 Å². The van der Waals surface area contributed by atoms with E-state index in [0.29, 0.717) is 31.7 Å². The van der Waals surface area contributed by atoms with E-state index in [4.69, 9.17) is 4.74 Å². The quantitative estimate of drug-likeness (QED) is 0.878. The topological polar surface area (TPSA) is 58.6 Å². The Morgan fingerprint density at radius 3 is 2.72 bits per heavy atom. The van der Waals surface area contributed by atoms with Crippen molar-refractivity contribution in [3.05, 3.63) is 59.9 Å². The molecule has 2 amide bonds. The summed E-state index contributed by atoms with van der Waals surface area (Å²) in [4.78, 5) is 25.6. The van der Waals surface area contributed by atoms with Crippen LogP contribution >= 0.6 is 0 Å². The van der Waals surface area contributed by atoms with E-state index in [1.54, 1.807) is 17.0 Å². The molecule has 1 heterocycles. The first kappa shape index (κ1) is 17.0. The van der Waals surface area contributed by atoms with Gasteiger partial charge in [-0.25, -0.2) is 4.39 Å². The van der Waals surface area contributed by atoms with E-state index in [2.05, 4.69) is 5.32 Å². The van der Waals surface area contributed by atoms with Gasteiger partial charge in [-0.2, -0.15) is 0 Å². The molecule has 0 radical (unpaired) electrons. The third-order valence-electron chi connectivity index (χ3n) is 4.00. The van der Waals surface area contributed by atoms with Gasteiger partial charge in [0.2, 0.25) is 5.91 Å². The van der Waals surface area contributed by atoms with Crippen LogP contribution in [0.25, 0.3) is 0 Å². The second-order valence-electron chi connectivity index (χ2n) is 5.81. The first-order valence-electron chi connectivity index (χ1n) is 8.17. The van der Waals surface area contributed by atoms with E-state index in [-0.39, 0.29) is 24.2 Å². The summed E-state index contributed by atoms with van der Waals surface area (Å²) in [6.07, 6.45) is 0.864. The maximum Gasteiger partial charge on any atom is 0.265 e. The fourth-order valence-corrected chi connectivity index (χ4v) is 2.69. The Morgan fingerprint density at radius 1 is 1.16 bits per heavy atom. The highest BCUT2D eigenvalue weighted by atomic mass is 19.1. The summed E-state index contributed by atoms with van der Waals surface area (Å²) in [7, 11) is 0. The number of carbonyl (C=O) groups excluding carboxylic acids is 2. The molecule has 0 bridgehead atoms. The molecule has 0 saturated carbocycles. The number of hydrogen-bond acceptors (Lipinski definition) is 3. The van der Waals surface area contributed by atoms with Gasteiger partial charge in [0.05, 0.1) is 5.69 Å². The van der Waals surface area contributed by atoms with Crippen LogP contribution in [0.1, 0.15) is 18.4 Å². The van der Waals surface area contributed by atoms with Gasteiger partial charge < -0.3 is 15.0 Å². The highest BCUT2D eigenvalue weighted by molar-refractivity contribution is 5.97. The van der Waals surface area contributed by atoms with E-state index < -0.39 is 0 Å². The van der Waals surface area contributed by atoms with Crippen LogP contribution in [0.3, 0.4) is 0 Å². The van der Waals surface area contributed by atoms with Crippen molar-refractivity contribution in [1.82, 2.24) is 5.32 Å². The lowest BCUT2D eigenvalue weighted by molar-refractivity contribution is -0.123. The summed E-state index contributed by atoms with van der Waals surface area (Å²) in [5, 5.41) is 2.80. The lowest BCUT2D eigenvalue weighted by atomic mass is 10.2. The molecule has 5 nitrogen and oxygen atoms in total. The van der Waals surface area contributed by atoms with E-state index in [0.717, 1.165) is 11.3 Å². The van der Waals surface area contributed by atoms with Gasteiger partial charge in [0, 0.05) is 19.5 Å². The molecule has 2 aromatic carbocycles. The smallest absolute Gasteiger partial charge is 0.265 e. The van der Waals surface area contributed by atoms with Gasteiger partial charge in [0.25, 0.3) is 5.91 Å². The molecule has 0 atom stereocenters. The second-order valence-corrected chi connectivity index (χ2v) is 5.81. The zero-order chi connectivity index (χ0) is 17.6. The first-order chi connectivity index (χ1) is 12.1. The van der Waals surface area contributed by atoms with Gasteiger partial charge in [-0.3, -0.25) is 9.59 Å². The molecule has 1 aliphatic rings. The van der Waals surface area contributed by atoms with Crippen molar-refractivity contribution < 1.29 is 18.7 Å². The average molecular weight is 342 g/mol. The van der Waals surface area contributed by atoms with Gasteiger partial charge in [-0.05, 0) is 36.2 Å². The molecule has 0 aromatic heterocycles. The number of ether oxygens (including phenoxy) is 1. The highest BCUT2D eigenvalue weighted by Gasteiger charge is 2.24. The van der Waals surface area contributed by atoms with Crippen LogP contribution in [-0.2, 0) is 16.1 Å². The second kappa shape index (κ2) is 7.79. The molecule has 1 N–H and O–H groups in total. The van der Waals surface area contributed by atoms with E-state index >= 15 is 0 Å². The molecule has 130 valence electrons. The van der Waals surface area contributed by atoms with E-state index in [9.17, 15) is 14.0 Å². The monoisotopic (exact) mass is 342 g/mol. The Morgan fingerprint density at radius 2 is 1.92 bits per heavy atom. The maximum absolute atomic E-state index is 12.8. The minimum atomic E-state index is -0.300. The molecule has 0 aliphatic carbocycles. The normalized spacial score (nSPS) is 13.2. The summed E-state index contributed by atoms with van der Waals surface area (Å²) in [5.41, 5.74) is 1.58. The van der Waals surface area contributed by atoms with Crippen molar-refractivity contribution in [1.29, 1.82) is 0 Å². The molecule has 0 saturated heterocycles. The minimum Gasteiger partial charge on any atom is -0.482 e. The van der Waals surface area contributed by atoms with Crippen LogP contribution < -0.4 is 15.0 Å². The number of hydrogen-bond donors (Lipinski definition) is 1. The standard InChI is InChI=1S/C19H19FN2O3/c20-15-9-7-14(8-10-15)12-21-18(23)6-3-11-22-16-4-1-2-5-17(16)25-13-19(22)24/h1-2,4-5,7-10H,3,6,11-13H2,(H,21,23). The molecule has 2 aromatic rings. The van der Waals surface area contributed by atoms with Crippen LogP contribution in [0.15, 0.2) is 48.5 Å². The van der Waals surface area contributed by atoms with Crippen LogP contribution in [0, 0.1) is 5.82 Å². The largest absolute Gasteiger partial charge is 0.482 e.